The van der Waals surface area contributed by atoms with E-state index in [4.69, 9.17) is 18.9 Å². The molecular formula is C21H30N2O7. The Labute approximate surface area is 176 Å². The molecule has 1 aromatic rings. The molecule has 2 amide bonds. The van der Waals surface area contributed by atoms with Gasteiger partial charge in [-0.05, 0) is 39.2 Å². The molecule has 0 aliphatic carbocycles. The van der Waals surface area contributed by atoms with Gasteiger partial charge in [-0.15, -0.1) is 0 Å². The van der Waals surface area contributed by atoms with E-state index in [1.807, 2.05) is 30.3 Å². The average Bonchev–Trinajstić information content (AvgIpc) is 3.09. The zero-order chi connectivity index (χ0) is 22.4. The lowest BCUT2D eigenvalue weighted by Gasteiger charge is -2.41. The highest BCUT2D eigenvalue weighted by Crippen LogP contribution is 2.33. The molecule has 0 spiro atoms. The van der Waals surface area contributed by atoms with Crippen molar-refractivity contribution in [1.29, 1.82) is 0 Å². The normalized spacial score (nSPS) is 19.7. The van der Waals surface area contributed by atoms with Gasteiger partial charge in [0, 0.05) is 13.7 Å². The van der Waals surface area contributed by atoms with Crippen LogP contribution >= 0.6 is 0 Å². The molecule has 0 saturated carbocycles. The van der Waals surface area contributed by atoms with Crippen LogP contribution in [0.3, 0.4) is 0 Å². The van der Waals surface area contributed by atoms with Gasteiger partial charge in [0.25, 0.3) is 0 Å². The van der Waals surface area contributed by atoms with Gasteiger partial charge in [0.1, 0.15) is 12.2 Å². The van der Waals surface area contributed by atoms with E-state index in [-0.39, 0.29) is 19.6 Å². The Kier molecular flexibility index (Phi) is 7.66. The molecule has 9 nitrogen and oxygen atoms in total. The summed E-state index contributed by atoms with van der Waals surface area (Å²) in [5, 5.41) is 2.68. The van der Waals surface area contributed by atoms with Crippen LogP contribution < -0.4 is 5.32 Å². The molecule has 0 bridgehead atoms. The fourth-order valence-corrected chi connectivity index (χ4v) is 3.43. The lowest BCUT2D eigenvalue weighted by molar-refractivity contribution is -0.163. The first-order valence-corrected chi connectivity index (χ1v) is 9.73. The van der Waals surface area contributed by atoms with Gasteiger partial charge in [-0.3, -0.25) is 10.2 Å². The van der Waals surface area contributed by atoms with Gasteiger partial charge in [-0.2, -0.15) is 0 Å². The van der Waals surface area contributed by atoms with Crippen molar-refractivity contribution in [3.8, 4) is 0 Å². The molecule has 1 heterocycles. The second kappa shape index (κ2) is 9.80. The van der Waals surface area contributed by atoms with Gasteiger partial charge in [0.2, 0.25) is 0 Å². The Balaban J connectivity index is 2.29. The van der Waals surface area contributed by atoms with Gasteiger partial charge in [-0.1, -0.05) is 30.3 Å². The van der Waals surface area contributed by atoms with Crippen LogP contribution in [0.15, 0.2) is 30.3 Å². The number of rotatable bonds is 6. The van der Waals surface area contributed by atoms with Gasteiger partial charge in [0.05, 0.1) is 7.11 Å². The molecule has 1 unspecified atom stereocenters. The first-order chi connectivity index (χ1) is 14.1. The van der Waals surface area contributed by atoms with Crippen molar-refractivity contribution in [3.05, 3.63) is 35.9 Å². The molecule has 1 fully saturated rings. The molecule has 166 valence electrons. The van der Waals surface area contributed by atoms with Crippen molar-refractivity contribution in [3.63, 3.8) is 0 Å². The van der Waals surface area contributed by atoms with Crippen molar-refractivity contribution >= 4 is 18.2 Å². The van der Waals surface area contributed by atoms with E-state index in [9.17, 15) is 14.4 Å². The molecule has 1 aliphatic rings. The fourth-order valence-electron chi connectivity index (χ4n) is 3.43. The summed E-state index contributed by atoms with van der Waals surface area (Å²) in [5.74, 6) is -0.726. The van der Waals surface area contributed by atoms with Gasteiger partial charge in [-0.25, -0.2) is 14.4 Å². The maximum Gasteiger partial charge on any atom is 0.412 e. The molecule has 1 saturated heterocycles. The first kappa shape index (κ1) is 23.5. The highest BCUT2D eigenvalue weighted by atomic mass is 16.6. The van der Waals surface area contributed by atoms with Gasteiger partial charge < -0.3 is 18.9 Å². The quantitative estimate of drug-likeness (QED) is 0.555. The summed E-state index contributed by atoms with van der Waals surface area (Å²) in [6, 6.07) is 9.20. The molecule has 0 aromatic heterocycles. The minimum Gasteiger partial charge on any atom is -0.467 e. The molecule has 2 rings (SSSR count). The van der Waals surface area contributed by atoms with E-state index in [1.165, 1.54) is 19.1 Å². The van der Waals surface area contributed by atoms with E-state index in [2.05, 4.69) is 5.32 Å². The van der Waals surface area contributed by atoms with Crippen LogP contribution in [0.1, 0.15) is 39.2 Å². The van der Waals surface area contributed by atoms with Crippen molar-refractivity contribution < 1.29 is 33.3 Å². The lowest BCUT2D eigenvalue weighted by atomic mass is 9.99. The summed E-state index contributed by atoms with van der Waals surface area (Å²) in [5.41, 5.74) is -1.46. The smallest absolute Gasteiger partial charge is 0.412 e. The number of esters is 1. The predicted molar refractivity (Wildman–Crippen MR) is 107 cm³/mol. The van der Waals surface area contributed by atoms with E-state index >= 15 is 0 Å². The second-order valence-corrected chi connectivity index (χ2v) is 7.99. The first-order valence-electron chi connectivity index (χ1n) is 9.73. The zero-order valence-electron chi connectivity index (χ0n) is 18.1. The third-order valence-corrected chi connectivity index (χ3v) is 4.65. The summed E-state index contributed by atoms with van der Waals surface area (Å²) < 4.78 is 21.0. The van der Waals surface area contributed by atoms with E-state index < -0.39 is 35.5 Å². The topological polar surface area (TPSA) is 103 Å². The Morgan fingerprint density at radius 1 is 1.17 bits per heavy atom. The predicted octanol–water partition coefficient (Wildman–Crippen LogP) is 2.83. The fraction of sp³-hybridized carbons (Fsp3) is 0.571. The summed E-state index contributed by atoms with van der Waals surface area (Å²) in [6.45, 7) is 5.46. The molecule has 1 aliphatic heterocycles. The largest absolute Gasteiger partial charge is 0.467 e. The van der Waals surface area contributed by atoms with Crippen molar-refractivity contribution in [2.24, 2.45) is 0 Å². The number of hydrogen-bond acceptors (Lipinski definition) is 7. The highest BCUT2D eigenvalue weighted by molar-refractivity contribution is 5.81. The number of nitrogens with one attached hydrogen (secondary N) is 1. The van der Waals surface area contributed by atoms with Crippen LogP contribution in [-0.2, 0) is 30.3 Å². The van der Waals surface area contributed by atoms with Crippen molar-refractivity contribution in [2.75, 3.05) is 20.8 Å². The maximum absolute atomic E-state index is 12.9. The van der Waals surface area contributed by atoms with Crippen LogP contribution in [0.4, 0.5) is 9.59 Å². The van der Waals surface area contributed by atoms with Crippen LogP contribution in [-0.4, -0.2) is 61.2 Å². The Bertz CT molecular complexity index is 747. The lowest BCUT2D eigenvalue weighted by Crippen LogP contribution is -2.68. The third-order valence-electron chi connectivity index (χ3n) is 4.65. The number of likely N-dealkylation sites (tertiary alicyclic amines) is 1. The Morgan fingerprint density at radius 2 is 1.83 bits per heavy atom. The van der Waals surface area contributed by atoms with Crippen molar-refractivity contribution in [1.82, 2.24) is 10.2 Å². The number of carbonyl (C=O) groups excluding carboxylic acids is 3. The highest BCUT2D eigenvalue weighted by Gasteiger charge is 2.55. The minimum atomic E-state index is -1.50. The Morgan fingerprint density at radius 3 is 2.40 bits per heavy atom. The van der Waals surface area contributed by atoms with E-state index in [0.29, 0.717) is 6.42 Å². The van der Waals surface area contributed by atoms with Crippen LogP contribution in [0.25, 0.3) is 0 Å². The van der Waals surface area contributed by atoms with Gasteiger partial charge in [0.15, 0.2) is 11.8 Å². The number of hydrogen-bond donors (Lipinski definition) is 1. The van der Waals surface area contributed by atoms with Crippen LogP contribution in [0.2, 0.25) is 0 Å². The number of ether oxygens (including phenoxy) is 4. The standard InChI is InChI=1S/C21H30N2O7/c1-20(2,3)30-18(25)22-21(16(27-4)17(24)28-5)12-9-13-23(21)19(26)29-14-15-10-7-6-8-11-15/h6-8,10-11,16H,9,12-14H2,1-5H3,(H,22,25)/t16-,21?/m0/s1. The molecule has 1 N–H and O–H groups in total. The monoisotopic (exact) mass is 422 g/mol. The zero-order valence-corrected chi connectivity index (χ0v) is 18.1. The summed E-state index contributed by atoms with van der Waals surface area (Å²) in [7, 11) is 2.52. The van der Waals surface area contributed by atoms with Gasteiger partial charge >= 0.3 is 18.2 Å². The number of benzene rings is 1. The number of methoxy groups -OCH3 is 2. The number of amides is 2. The molecule has 30 heavy (non-hydrogen) atoms. The maximum atomic E-state index is 12.9. The number of nitrogens with zero attached hydrogens (tertiary/aromatic N) is 1. The minimum absolute atomic E-state index is 0.0502. The molecular weight excluding hydrogens is 392 g/mol. The molecule has 2 atom stereocenters. The second-order valence-electron chi connectivity index (χ2n) is 7.99. The summed E-state index contributed by atoms with van der Waals surface area (Å²) >= 11 is 0. The van der Waals surface area contributed by atoms with Crippen molar-refractivity contribution in [2.45, 2.75) is 57.6 Å². The molecule has 9 heteroatoms. The van der Waals surface area contributed by atoms with E-state index in [0.717, 1.165) is 5.56 Å². The summed E-state index contributed by atoms with van der Waals surface area (Å²) in [4.78, 5) is 39.2. The van der Waals surface area contributed by atoms with E-state index in [1.54, 1.807) is 20.8 Å². The average molecular weight is 422 g/mol. The SMILES string of the molecule is COC(=O)[C@H](OC)C1(NC(=O)OC(C)(C)C)CCCN1C(=O)OCc1ccccc1. The Hall–Kier alpha value is -2.81. The van der Waals surface area contributed by atoms with Crippen LogP contribution in [0.5, 0.6) is 0 Å². The molecule has 1 aromatic carbocycles. The third kappa shape index (κ3) is 5.63. The summed E-state index contributed by atoms with van der Waals surface area (Å²) in [6.07, 6.45) is -1.94. The van der Waals surface area contributed by atoms with Crippen LogP contribution in [0, 0.1) is 0 Å². The number of carbonyl (C=O) groups is 3. The molecule has 0 radical (unpaired) electrons. The number of alkyl carbamates (subject to hydrolysis) is 1.